The predicted molar refractivity (Wildman–Crippen MR) is 124 cm³/mol. The molecule has 2 aromatic heterocycles. The maximum absolute atomic E-state index is 13.4. The number of thiophene rings is 1. The quantitative estimate of drug-likeness (QED) is 0.420. The summed E-state index contributed by atoms with van der Waals surface area (Å²) in [4.78, 5) is 19.1. The third-order valence-corrected chi connectivity index (χ3v) is 6.15. The lowest BCUT2D eigenvalue weighted by Gasteiger charge is -2.12. The first kappa shape index (κ1) is 18.8. The summed E-state index contributed by atoms with van der Waals surface area (Å²) in [5.74, 6) is 1.62. The van der Waals surface area contributed by atoms with Crippen molar-refractivity contribution in [2.24, 2.45) is 0 Å². The van der Waals surface area contributed by atoms with Crippen molar-refractivity contribution in [2.45, 2.75) is 32.9 Å². The lowest BCUT2D eigenvalue weighted by Crippen LogP contribution is -2.20. The van der Waals surface area contributed by atoms with Crippen molar-refractivity contribution >= 4 is 33.2 Å². The minimum Gasteiger partial charge on any atom is -0.490 e. The molecule has 0 fully saturated rings. The van der Waals surface area contributed by atoms with Crippen LogP contribution in [0.15, 0.2) is 64.8 Å². The number of allylic oxidation sites excluding steroid dienone is 1. The Bertz CT molecular complexity index is 1320. The average molecular weight is 415 g/mol. The average Bonchev–Trinajstić information content (AvgIpc) is 3.35. The number of nitrogens with zero attached hydrogens (tertiary/aromatic N) is 2. The Labute approximate surface area is 179 Å². The monoisotopic (exact) mass is 414 g/mol. The Morgan fingerprint density at radius 3 is 2.67 bits per heavy atom. The van der Waals surface area contributed by atoms with Crippen LogP contribution in [0.5, 0.6) is 5.75 Å². The van der Waals surface area contributed by atoms with Crippen LogP contribution in [0.3, 0.4) is 0 Å². The van der Waals surface area contributed by atoms with Gasteiger partial charge in [0.15, 0.2) is 0 Å². The molecule has 0 spiro atoms. The van der Waals surface area contributed by atoms with Crippen LogP contribution in [0.2, 0.25) is 0 Å². The summed E-state index contributed by atoms with van der Waals surface area (Å²) in [7, 11) is 0. The Morgan fingerprint density at radius 2 is 1.87 bits per heavy atom. The molecule has 4 nitrogen and oxygen atoms in total. The van der Waals surface area contributed by atoms with Gasteiger partial charge in [-0.2, -0.15) is 0 Å². The van der Waals surface area contributed by atoms with Crippen molar-refractivity contribution in [2.75, 3.05) is 0 Å². The van der Waals surface area contributed by atoms with E-state index < -0.39 is 0 Å². The molecule has 0 atom stereocenters. The topological polar surface area (TPSA) is 44.1 Å². The summed E-state index contributed by atoms with van der Waals surface area (Å²) in [5.41, 5.74) is 4.15. The molecule has 1 aliphatic heterocycles. The fourth-order valence-corrected chi connectivity index (χ4v) is 4.87. The second-order valence-electron chi connectivity index (χ2n) is 7.71. The van der Waals surface area contributed by atoms with Crippen molar-refractivity contribution in [1.29, 1.82) is 0 Å². The van der Waals surface area contributed by atoms with Gasteiger partial charge >= 0.3 is 0 Å². The molecule has 0 saturated heterocycles. The summed E-state index contributed by atoms with van der Waals surface area (Å²) in [5, 5.41) is 2.76. The zero-order valence-corrected chi connectivity index (χ0v) is 17.8. The highest BCUT2D eigenvalue weighted by atomic mass is 32.1. The highest BCUT2D eigenvalue weighted by Crippen LogP contribution is 2.35. The molecule has 0 N–H and O–H groups in total. The van der Waals surface area contributed by atoms with Crippen LogP contribution in [0.4, 0.5) is 0 Å². The van der Waals surface area contributed by atoms with Crippen molar-refractivity contribution < 1.29 is 4.74 Å². The zero-order chi connectivity index (χ0) is 20.7. The van der Waals surface area contributed by atoms with Gasteiger partial charge in [-0.3, -0.25) is 9.36 Å². The number of hydrogen-bond donors (Lipinski definition) is 0. The molecule has 0 radical (unpaired) electrons. The number of benzene rings is 2. The fourth-order valence-electron chi connectivity index (χ4n) is 3.94. The number of rotatable bonds is 4. The Morgan fingerprint density at radius 1 is 1.10 bits per heavy atom. The van der Waals surface area contributed by atoms with E-state index in [0.29, 0.717) is 6.54 Å². The number of para-hydroxylation sites is 1. The fraction of sp³-hybridized carbons (Fsp3) is 0.200. The molecule has 1 aliphatic rings. The first-order chi connectivity index (χ1) is 14.6. The van der Waals surface area contributed by atoms with Gasteiger partial charge in [0.05, 0.1) is 11.5 Å². The zero-order valence-electron chi connectivity index (χ0n) is 17.0. The SMILES string of the molecule is CC(C)Oc1ccccc1C=C1CCn2c1nc1scc(-c3ccccc3)c1c2=O. The number of hydrogen-bond acceptors (Lipinski definition) is 4. The largest absolute Gasteiger partial charge is 0.490 e. The second-order valence-corrected chi connectivity index (χ2v) is 8.57. The van der Waals surface area contributed by atoms with Crippen LogP contribution in [0.25, 0.3) is 33.0 Å². The Hall–Kier alpha value is -3.18. The van der Waals surface area contributed by atoms with Gasteiger partial charge in [-0.05, 0) is 43.5 Å². The van der Waals surface area contributed by atoms with Gasteiger partial charge in [-0.1, -0.05) is 48.5 Å². The van der Waals surface area contributed by atoms with Gasteiger partial charge in [-0.25, -0.2) is 4.98 Å². The van der Waals surface area contributed by atoms with E-state index in [9.17, 15) is 4.79 Å². The molecule has 0 unspecified atom stereocenters. The van der Waals surface area contributed by atoms with E-state index in [-0.39, 0.29) is 11.7 Å². The van der Waals surface area contributed by atoms with Gasteiger partial charge in [0, 0.05) is 23.1 Å². The Kier molecular flexibility index (Phi) is 4.75. The molecule has 0 aliphatic carbocycles. The Balaban J connectivity index is 1.63. The standard InChI is InChI=1S/C25H22N2O2S/c1-16(2)29-21-11-7-6-10-18(21)14-19-12-13-27-23(19)26-24-22(25(27)28)20(15-30-24)17-8-4-3-5-9-17/h3-11,14-16H,12-13H2,1-2H3. The van der Waals surface area contributed by atoms with E-state index in [1.807, 2.05) is 78.4 Å². The van der Waals surface area contributed by atoms with Crippen LogP contribution in [0.1, 0.15) is 31.7 Å². The van der Waals surface area contributed by atoms with E-state index in [1.165, 1.54) is 11.3 Å². The molecule has 5 rings (SSSR count). The summed E-state index contributed by atoms with van der Waals surface area (Å²) in [6.45, 7) is 4.70. The molecule has 0 bridgehead atoms. The number of fused-ring (bicyclic) bond motifs is 2. The normalized spacial score (nSPS) is 14.6. The van der Waals surface area contributed by atoms with Gasteiger partial charge in [0.2, 0.25) is 0 Å². The maximum atomic E-state index is 13.4. The maximum Gasteiger partial charge on any atom is 0.263 e. The van der Waals surface area contributed by atoms with Crippen molar-refractivity contribution in [3.05, 3.63) is 81.7 Å². The highest BCUT2D eigenvalue weighted by Gasteiger charge is 2.23. The third kappa shape index (κ3) is 3.25. The molecule has 2 aromatic carbocycles. The van der Waals surface area contributed by atoms with Crippen LogP contribution in [-0.4, -0.2) is 15.7 Å². The first-order valence-electron chi connectivity index (χ1n) is 10.2. The first-order valence-corrected chi connectivity index (χ1v) is 11.0. The van der Waals surface area contributed by atoms with E-state index in [0.717, 1.165) is 50.5 Å². The third-order valence-electron chi connectivity index (χ3n) is 5.28. The van der Waals surface area contributed by atoms with Crippen molar-refractivity contribution in [3.8, 4) is 16.9 Å². The van der Waals surface area contributed by atoms with E-state index in [2.05, 4.69) is 6.08 Å². The molecular formula is C25H22N2O2S. The molecule has 0 saturated carbocycles. The summed E-state index contributed by atoms with van der Waals surface area (Å²) >= 11 is 1.53. The van der Waals surface area contributed by atoms with E-state index >= 15 is 0 Å². The molecule has 150 valence electrons. The van der Waals surface area contributed by atoms with Crippen LogP contribution in [-0.2, 0) is 6.54 Å². The smallest absolute Gasteiger partial charge is 0.263 e. The van der Waals surface area contributed by atoms with E-state index in [1.54, 1.807) is 0 Å². The summed E-state index contributed by atoms with van der Waals surface area (Å²) < 4.78 is 7.78. The number of aromatic nitrogens is 2. The summed E-state index contributed by atoms with van der Waals surface area (Å²) in [6, 6.07) is 18.1. The molecule has 5 heteroatoms. The molecule has 0 amide bonds. The number of ether oxygens (including phenoxy) is 1. The lowest BCUT2D eigenvalue weighted by atomic mass is 10.1. The molecular weight excluding hydrogens is 392 g/mol. The van der Waals surface area contributed by atoms with Gasteiger partial charge in [0.25, 0.3) is 5.56 Å². The minimum absolute atomic E-state index is 0.0465. The van der Waals surface area contributed by atoms with Crippen LogP contribution < -0.4 is 10.3 Å². The second kappa shape index (κ2) is 7.58. The summed E-state index contributed by atoms with van der Waals surface area (Å²) in [6.07, 6.45) is 3.00. The highest BCUT2D eigenvalue weighted by molar-refractivity contribution is 7.17. The minimum atomic E-state index is 0.0465. The van der Waals surface area contributed by atoms with E-state index in [4.69, 9.17) is 9.72 Å². The lowest BCUT2D eigenvalue weighted by molar-refractivity contribution is 0.242. The van der Waals surface area contributed by atoms with Gasteiger partial charge in [0.1, 0.15) is 16.4 Å². The molecule has 3 heterocycles. The van der Waals surface area contributed by atoms with Crippen LogP contribution in [0, 0.1) is 0 Å². The van der Waals surface area contributed by atoms with Gasteiger partial charge in [-0.15, -0.1) is 11.3 Å². The van der Waals surface area contributed by atoms with Gasteiger partial charge < -0.3 is 4.74 Å². The van der Waals surface area contributed by atoms with Crippen LogP contribution >= 0.6 is 11.3 Å². The van der Waals surface area contributed by atoms with Crippen molar-refractivity contribution in [3.63, 3.8) is 0 Å². The molecule has 4 aromatic rings. The predicted octanol–water partition coefficient (Wildman–Crippen LogP) is 5.86. The van der Waals surface area contributed by atoms with Crippen molar-refractivity contribution in [1.82, 2.24) is 9.55 Å². The molecule has 30 heavy (non-hydrogen) atoms.